The second-order valence-corrected chi connectivity index (χ2v) is 4.86. The maximum Gasteiger partial charge on any atom is 0.307 e. The first-order chi connectivity index (χ1) is 9.61. The fourth-order valence-corrected chi connectivity index (χ4v) is 2.47. The molecule has 1 aromatic heterocycles. The molecular formula is C14H18N2O4. The van der Waals surface area contributed by atoms with Crippen LogP contribution in [0.4, 0.5) is 0 Å². The molecule has 1 amide bonds. The van der Waals surface area contributed by atoms with Crippen molar-refractivity contribution in [2.24, 2.45) is 0 Å². The molecule has 0 bridgehead atoms. The van der Waals surface area contributed by atoms with Gasteiger partial charge in [0.15, 0.2) is 0 Å². The van der Waals surface area contributed by atoms with Gasteiger partial charge in [0.25, 0.3) is 5.91 Å². The standard InChI is InChI=1S/C14H18N2O4/c1-20-13(18)7-11-4-2-3-5-16(11)14(19)10-6-12(17)9-15-8-10/h6,8-9,11,17H,2-5,7H2,1H3. The van der Waals surface area contributed by atoms with E-state index in [0.717, 1.165) is 19.3 Å². The lowest BCUT2D eigenvalue weighted by Crippen LogP contribution is -2.44. The molecule has 6 heteroatoms. The van der Waals surface area contributed by atoms with Crippen molar-refractivity contribution in [3.05, 3.63) is 24.0 Å². The quantitative estimate of drug-likeness (QED) is 0.844. The number of aromatic hydroxyl groups is 1. The molecule has 1 fully saturated rings. The van der Waals surface area contributed by atoms with Gasteiger partial charge in [-0.1, -0.05) is 0 Å². The van der Waals surface area contributed by atoms with Crippen LogP contribution < -0.4 is 0 Å². The van der Waals surface area contributed by atoms with Crippen LogP contribution in [0.25, 0.3) is 0 Å². The first kappa shape index (κ1) is 14.3. The third-order valence-electron chi connectivity index (χ3n) is 3.49. The smallest absolute Gasteiger partial charge is 0.307 e. The van der Waals surface area contributed by atoms with Crippen LogP contribution in [0.5, 0.6) is 5.75 Å². The summed E-state index contributed by atoms with van der Waals surface area (Å²) in [6, 6.07) is 1.24. The lowest BCUT2D eigenvalue weighted by atomic mass is 9.98. The van der Waals surface area contributed by atoms with Crippen LogP contribution in [0.3, 0.4) is 0 Å². The fourth-order valence-electron chi connectivity index (χ4n) is 2.47. The minimum absolute atomic E-state index is 0.0441. The number of ether oxygens (including phenoxy) is 1. The molecule has 0 radical (unpaired) electrons. The topological polar surface area (TPSA) is 79.7 Å². The van der Waals surface area contributed by atoms with Crippen molar-refractivity contribution in [1.82, 2.24) is 9.88 Å². The van der Waals surface area contributed by atoms with Gasteiger partial charge in [-0.15, -0.1) is 0 Å². The molecule has 1 saturated heterocycles. The summed E-state index contributed by atoms with van der Waals surface area (Å²) in [5.74, 6) is -0.567. The Hall–Kier alpha value is -2.11. The van der Waals surface area contributed by atoms with Gasteiger partial charge in [0.05, 0.1) is 25.3 Å². The number of aromatic nitrogens is 1. The minimum atomic E-state index is -0.316. The van der Waals surface area contributed by atoms with Gasteiger partial charge in [0.2, 0.25) is 0 Å². The van der Waals surface area contributed by atoms with E-state index in [2.05, 4.69) is 9.72 Å². The van der Waals surface area contributed by atoms with Crippen molar-refractivity contribution < 1.29 is 19.4 Å². The molecule has 1 aliphatic rings. The SMILES string of the molecule is COC(=O)CC1CCCCN1C(=O)c1cncc(O)c1. The highest BCUT2D eigenvalue weighted by Crippen LogP contribution is 2.23. The van der Waals surface area contributed by atoms with Crippen LogP contribution in [0, 0.1) is 0 Å². The van der Waals surface area contributed by atoms with Crippen molar-refractivity contribution >= 4 is 11.9 Å². The molecule has 0 spiro atoms. The number of hydrogen-bond acceptors (Lipinski definition) is 5. The van der Waals surface area contributed by atoms with Crippen LogP contribution in [0.2, 0.25) is 0 Å². The summed E-state index contributed by atoms with van der Waals surface area (Å²) < 4.78 is 4.68. The summed E-state index contributed by atoms with van der Waals surface area (Å²) in [4.78, 5) is 29.4. The van der Waals surface area contributed by atoms with Gasteiger partial charge in [0, 0.05) is 18.8 Å². The summed E-state index contributed by atoms with van der Waals surface area (Å²) in [6.07, 6.45) is 5.59. The second-order valence-electron chi connectivity index (χ2n) is 4.86. The molecule has 2 rings (SSSR count). The van der Waals surface area contributed by atoms with Gasteiger partial charge in [-0.05, 0) is 25.3 Å². The molecule has 6 nitrogen and oxygen atoms in total. The summed E-state index contributed by atoms with van der Waals surface area (Å²) in [7, 11) is 1.34. The van der Waals surface area contributed by atoms with Gasteiger partial charge in [-0.2, -0.15) is 0 Å². The zero-order valence-corrected chi connectivity index (χ0v) is 11.4. The number of nitrogens with zero attached hydrogens (tertiary/aromatic N) is 2. The first-order valence-electron chi connectivity index (χ1n) is 6.63. The highest BCUT2D eigenvalue weighted by molar-refractivity contribution is 5.94. The van der Waals surface area contributed by atoms with Gasteiger partial charge in [-0.3, -0.25) is 14.6 Å². The minimum Gasteiger partial charge on any atom is -0.506 e. The predicted molar refractivity (Wildman–Crippen MR) is 71.2 cm³/mol. The van der Waals surface area contributed by atoms with E-state index < -0.39 is 0 Å². The zero-order valence-electron chi connectivity index (χ0n) is 11.4. The van der Waals surface area contributed by atoms with E-state index in [1.165, 1.54) is 25.6 Å². The largest absolute Gasteiger partial charge is 0.506 e. The maximum absolute atomic E-state index is 12.5. The summed E-state index contributed by atoms with van der Waals surface area (Å²) in [5, 5.41) is 9.40. The molecule has 1 N–H and O–H groups in total. The number of methoxy groups -OCH3 is 1. The number of carbonyl (C=O) groups excluding carboxylic acids is 2. The molecular weight excluding hydrogens is 260 g/mol. The molecule has 1 unspecified atom stereocenters. The van der Waals surface area contributed by atoms with Crippen LogP contribution in [-0.2, 0) is 9.53 Å². The number of pyridine rings is 1. The van der Waals surface area contributed by atoms with Crippen molar-refractivity contribution in [3.8, 4) is 5.75 Å². The van der Waals surface area contributed by atoms with E-state index in [9.17, 15) is 14.7 Å². The Bertz CT molecular complexity index is 504. The molecule has 0 aromatic carbocycles. The normalized spacial score (nSPS) is 18.6. The molecule has 0 aliphatic carbocycles. The van der Waals surface area contributed by atoms with Crippen LogP contribution in [0.15, 0.2) is 18.5 Å². The van der Waals surface area contributed by atoms with Gasteiger partial charge in [-0.25, -0.2) is 0 Å². The van der Waals surface area contributed by atoms with E-state index in [0.29, 0.717) is 12.1 Å². The molecule has 0 saturated carbocycles. The summed E-state index contributed by atoms with van der Waals surface area (Å²) in [5.41, 5.74) is 0.335. The van der Waals surface area contributed by atoms with Crippen molar-refractivity contribution in [3.63, 3.8) is 0 Å². The maximum atomic E-state index is 12.5. The lowest BCUT2D eigenvalue weighted by Gasteiger charge is -2.35. The number of carbonyl (C=O) groups is 2. The van der Waals surface area contributed by atoms with Crippen molar-refractivity contribution in [2.45, 2.75) is 31.7 Å². The van der Waals surface area contributed by atoms with E-state index in [1.807, 2.05) is 0 Å². The third kappa shape index (κ3) is 3.26. The average molecular weight is 278 g/mol. The molecule has 2 heterocycles. The van der Waals surface area contributed by atoms with Crippen molar-refractivity contribution in [2.75, 3.05) is 13.7 Å². The van der Waals surface area contributed by atoms with Gasteiger partial charge < -0.3 is 14.7 Å². The Morgan fingerprint density at radius 2 is 2.25 bits per heavy atom. The monoisotopic (exact) mass is 278 g/mol. The summed E-state index contributed by atoms with van der Waals surface area (Å²) >= 11 is 0. The van der Waals surface area contributed by atoms with E-state index in [1.54, 1.807) is 4.90 Å². The van der Waals surface area contributed by atoms with E-state index in [4.69, 9.17) is 0 Å². The average Bonchev–Trinajstić information content (AvgIpc) is 2.47. The Balaban J connectivity index is 2.15. The third-order valence-corrected chi connectivity index (χ3v) is 3.49. The molecule has 1 atom stereocenters. The number of rotatable bonds is 3. The molecule has 20 heavy (non-hydrogen) atoms. The van der Waals surface area contributed by atoms with E-state index >= 15 is 0 Å². The fraction of sp³-hybridized carbons (Fsp3) is 0.500. The van der Waals surface area contributed by atoms with Crippen LogP contribution in [0.1, 0.15) is 36.0 Å². The predicted octanol–water partition coefficient (Wildman–Crippen LogP) is 1.34. The van der Waals surface area contributed by atoms with Gasteiger partial charge in [0.1, 0.15) is 5.75 Å². The highest BCUT2D eigenvalue weighted by Gasteiger charge is 2.29. The Kier molecular flexibility index (Phi) is 4.55. The second kappa shape index (κ2) is 6.36. The Labute approximate surface area is 117 Å². The first-order valence-corrected chi connectivity index (χ1v) is 6.63. The zero-order chi connectivity index (χ0) is 14.5. The molecule has 108 valence electrons. The molecule has 1 aromatic rings. The van der Waals surface area contributed by atoms with E-state index in [-0.39, 0.29) is 30.1 Å². The van der Waals surface area contributed by atoms with Crippen molar-refractivity contribution in [1.29, 1.82) is 0 Å². The Morgan fingerprint density at radius 1 is 1.45 bits per heavy atom. The lowest BCUT2D eigenvalue weighted by molar-refractivity contribution is -0.142. The highest BCUT2D eigenvalue weighted by atomic mass is 16.5. The van der Waals surface area contributed by atoms with Crippen LogP contribution in [-0.4, -0.2) is 46.6 Å². The summed E-state index contributed by atoms with van der Waals surface area (Å²) in [6.45, 7) is 0.607. The number of likely N-dealkylation sites (tertiary alicyclic amines) is 1. The number of esters is 1. The number of amides is 1. The Morgan fingerprint density at radius 3 is 2.95 bits per heavy atom. The van der Waals surface area contributed by atoms with Crippen LogP contribution >= 0.6 is 0 Å². The number of hydrogen-bond donors (Lipinski definition) is 1. The molecule has 1 aliphatic heterocycles. The number of piperidine rings is 1. The van der Waals surface area contributed by atoms with Gasteiger partial charge >= 0.3 is 5.97 Å².